The highest BCUT2D eigenvalue weighted by atomic mass is 16.6. The second kappa shape index (κ2) is 10.7. The third-order valence-corrected chi connectivity index (χ3v) is 9.03. The molecular weight excluding hydrogens is 452 g/mol. The van der Waals surface area contributed by atoms with Gasteiger partial charge in [-0.15, -0.1) is 0 Å². The summed E-state index contributed by atoms with van der Waals surface area (Å²) in [5, 5.41) is 0. The van der Waals surface area contributed by atoms with Crippen molar-refractivity contribution >= 4 is 17.7 Å². The number of hydrogen-bond donors (Lipinski definition) is 0. The van der Waals surface area contributed by atoms with E-state index in [1.54, 1.807) is 0 Å². The zero-order chi connectivity index (χ0) is 26.7. The lowest BCUT2D eigenvalue weighted by molar-refractivity contribution is -0.194. The van der Waals surface area contributed by atoms with E-state index in [2.05, 4.69) is 33.8 Å². The first kappa shape index (κ1) is 27.9. The first-order chi connectivity index (χ1) is 16.9. The Labute approximate surface area is 216 Å². The number of rotatable bonds is 6. The van der Waals surface area contributed by atoms with E-state index in [0.717, 1.165) is 18.4 Å². The van der Waals surface area contributed by atoms with Gasteiger partial charge in [-0.25, -0.2) is 0 Å². The zero-order valence-electron chi connectivity index (χ0n) is 22.9. The second-order valence-corrected chi connectivity index (χ2v) is 11.7. The number of Topliss-reactive ketones (excluding diaryl/α,β-unsaturated/α-hetero) is 1. The summed E-state index contributed by atoms with van der Waals surface area (Å²) in [4.78, 5) is 38.1. The molecule has 0 aliphatic heterocycles. The molecule has 3 rings (SSSR count). The van der Waals surface area contributed by atoms with E-state index < -0.39 is 17.5 Å². The van der Waals surface area contributed by atoms with Crippen molar-refractivity contribution in [2.45, 2.75) is 79.8 Å². The quantitative estimate of drug-likeness (QED) is 0.241. The van der Waals surface area contributed by atoms with Crippen molar-refractivity contribution < 1.29 is 23.9 Å². The van der Waals surface area contributed by atoms with Gasteiger partial charge in [0.2, 0.25) is 0 Å². The fraction of sp³-hybridized carbons (Fsp3) is 0.581. The van der Waals surface area contributed by atoms with Gasteiger partial charge in [-0.3, -0.25) is 14.4 Å². The third kappa shape index (κ3) is 5.21. The van der Waals surface area contributed by atoms with Crippen LogP contribution < -0.4 is 0 Å². The average Bonchev–Trinajstić information content (AvgIpc) is 3.06. The fourth-order valence-corrected chi connectivity index (χ4v) is 7.06. The molecule has 196 valence electrons. The van der Waals surface area contributed by atoms with Crippen LogP contribution in [0.1, 0.15) is 73.6 Å². The maximum Gasteiger partial charge on any atom is 0.315 e. The highest BCUT2D eigenvalue weighted by molar-refractivity contribution is 6.00. The number of fused-ring (bicyclic) bond motifs is 3. The molecule has 0 radical (unpaired) electrons. The number of carbonyl (C=O) groups is 3. The van der Waals surface area contributed by atoms with Crippen molar-refractivity contribution in [1.82, 2.24) is 0 Å². The largest absolute Gasteiger partial charge is 0.468 e. The van der Waals surface area contributed by atoms with Crippen LogP contribution in [0.15, 0.2) is 59.8 Å². The van der Waals surface area contributed by atoms with E-state index >= 15 is 0 Å². The van der Waals surface area contributed by atoms with Gasteiger partial charge in [0.15, 0.2) is 5.78 Å². The van der Waals surface area contributed by atoms with Gasteiger partial charge in [-0.1, -0.05) is 68.0 Å². The Balaban J connectivity index is 1.86. The molecule has 3 aliphatic carbocycles. The molecule has 0 amide bonds. The van der Waals surface area contributed by atoms with E-state index in [-0.39, 0.29) is 34.4 Å². The normalized spacial score (nSPS) is 37.4. The van der Waals surface area contributed by atoms with E-state index in [1.165, 1.54) is 19.6 Å². The predicted octanol–water partition coefficient (Wildman–Crippen LogP) is 6.46. The smallest absolute Gasteiger partial charge is 0.315 e. The predicted molar refractivity (Wildman–Crippen MR) is 142 cm³/mol. The third-order valence-electron chi connectivity index (χ3n) is 9.03. The lowest BCUT2D eigenvalue weighted by Gasteiger charge is -2.59. The molecule has 3 fully saturated rings. The molecule has 0 heterocycles. The van der Waals surface area contributed by atoms with Gasteiger partial charge < -0.3 is 9.47 Å². The van der Waals surface area contributed by atoms with Crippen LogP contribution in [0.5, 0.6) is 0 Å². The molecule has 0 saturated heterocycles. The lowest BCUT2D eigenvalue weighted by atomic mass is 9.45. The van der Waals surface area contributed by atoms with Crippen molar-refractivity contribution in [3.05, 3.63) is 59.8 Å². The number of ether oxygens (including phenoxy) is 2. The summed E-state index contributed by atoms with van der Waals surface area (Å²) >= 11 is 0. The SMILES string of the molecule is COC(=O)[C@]1(C)C[C@@H]2CC[C@]3(C)\C(=C/C=C/C=C/C=C/C=C(C)C)C(=O)C[C@H]3[C@@]2(C)C[C@H]1OC(C)=O. The number of hydrogen-bond acceptors (Lipinski definition) is 5. The topological polar surface area (TPSA) is 69.7 Å². The molecule has 6 atom stereocenters. The van der Waals surface area contributed by atoms with Crippen LogP contribution in [0.3, 0.4) is 0 Å². The zero-order valence-corrected chi connectivity index (χ0v) is 22.9. The summed E-state index contributed by atoms with van der Waals surface area (Å²) in [6, 6.07) is 0. The van der Waals surface area contributed by atoms with Crippen LogP contribution in [-0.2, 0) is 23.9 Å². The molecule has 0 N–H and O–H groups in total. The molecule has 3 aliphatic rings. The van der Waals surface area contributed by atoms with Crippen molar-refractivity contribution in [3.63, 3.8) is 0 Å². The summed E-state index contributed by atoms with van der Waals surface area (Å²) in [6.07, 6.45) is 18.8. The summed E-state index contributed by atoms with van der Waals surface area (Å²) in [5.41, 5.74) is 0.805. The van der Waals surface area contributed by atoms with Crippen LogP contribution in [-0.4, -0.2) is 30.9 Å². The van der Waals surface area contributed by atoms with Gasteiger partial charge >= 0.3 is 11.9 Å². The molecule has 0 aromatic rings. The Morgan fingerprint density at radius 3 is 2.19 bits per heavy atom. The van der Waals surface area contributed by atoms with E-state index in [4.69, 9.17) is 9.47 Å². The molecule has 0 aromatic carbocycles. The van der Waals surface area contributed by atoms with Crippen LogP contribution in [0.25, 0.3) is 0 Å². The maximum atomic E-state index is 13.3. The highest BCUT2D eigenvalue weighted by Crippen LogP contribution is 2.68. The van der Waals surface area contributed by atoms with Gasteiger partial charge in [-0.05, 0) is 69.1 Å². The Bertz CT molecular complexity index is 1040. The van der Waals surface area contributed by atoms with Gasteiger partial charge in [0.25, 0.3) is 0 Å². The van der Waals surface area contributed by atoms with E-state index in [1.807, 2.05) is 49.5 Å². The number of carbonyl (C=O) groups excluding carboxylic acids is 3. The minimum atomic E-state index is -0.880. The monoisotopic (exact) mass is 494 g/mol. The van der Waals surface area contributed by atoms with Crippen LogP contribution in [0.2, 0.25) is 0 Å². The lowest BCUT2D eigenvalue weighted by Crippen LogP contribution is -2.58. The van der Waals surface area contributed by atoms with Gasteiger partial charge in [0.05, 0.1) is 7.11 Å². The first-order valence-corrected chi connectivity index (χ1v) is 13.0. The molecule has 36 heavy (non-hydrogen) atoms. The summed E-state index contributed by atoms with van der Waals surface area (Å²) in [5.74, 6) is -0.135. The van der Waals surface area contributed by atoms with Crippen molar-refractivity contribution in [2.24, 2.45) is 28.1 Å². The minimum Gasteiger partial charge on any atom is -0.468 e. The summed E-state index contributed by atoms with van der Waals surface area (Å²) in [7, 11) is 1.39. The molecule has 0 spiro atoms. The van der Waals surface area contributed by atoms with Gasteiger partial charge in [0.1, 0.15) is 11.5 Å². The van der Waals surface area contributed by atoms with Crippen molar-refractivity contribution in [2.75, 3.05) is 7.11 Å². The summed E-state index contributed by atoms with van der Waals surface area (Å²) < 4.78 is 10.9. The molecule has 0 aromatic heterocycles. The van der Waals surface area contributed by atoms with Crippen LogP contribution in [0.4, 0.5) is 0 Å². The van der Waals surface area contributed by atoms with E-state index in [0.29, 0.717) is 19.3 Å². The second-order valence-electron chi connectivity index (χ2n) is 11.7. The molecule has 0 unspecified atom stereocenters. The molecule has 5 nitrogen and oxygen atoms in total. The summed E-state index contributed by atoms with van der Waals surface area (Å²) in [6.45, 7) is 11.8. The van der Waals surface area contributed by atoms with Crippen LogP contribution in [0, 0.1) is 28.1 Å². The number of ketones is 1. The molecule has 3 saturated carbocycles. The molecule has 5 heteroatoms. The highest BCUT2D eigenvalue weighted by Gasteiger charge is 2.65. The molecular formula is C31H42O5. The standard InChI is InChI=1S/C31H42O5/c1-21(2)14-12-10-8-9-11-13-15-24-25(33)18-26-29(24,4)17-16-23-19-31(6,28(34)35-7)27(36-22(3)32)20-30(23,26)5/h8-15,23,26-27H,16-20H2,1-7H3/b9-8+,12-10+,13-11+,24-15-/t23-,26+,27+,29+,30-,31+/m0/s1. The Hall–Kier alpha value is -2.69. The van der Waals surface area contributed by atoms with Crippen LogP contribution >= 0.6 is 0 Å². The van der Waals surface area contributed by atoms with Gasteiger partial charge in [0, 0.05) is 18.9 Å². The first-order valence-electron chi connectivity index (χ1n) is 13.0. The minimum absolute atomic E-state index is 0.138. The fourth-order valence-electron chi connectivity index (χ4n) is 7.06. The Morgan fingerprint density at radius 1 is 0.944 bits per heavy atom. The maximum absolute atomic E-state index is 13.3. The van der Waals surface area contributed by atoms with Gasteiger partial charge in [-0.2, -0.15) is 0 Å². The average molecular weight is 495 g/mol. The number of methoxy groups -OCH3 is 1. The van der Waals surface area contributed by atoms with E-state index in [9.17, 15) is 14.4 Å². The molecule has 0 bridgehead atoms. The number of allylic oxidation sites excluding steroid dienone is 10. The number of esters is 2. The van der Waals surface area contributed by atoms with Crippen molar-refractivity contribution in [1.29, 1.82) is 0 Å². The Morgan fingerprint density at radius 2 is 1.58 bits per heavy atom. The Kier molecular flexibility index (Phi) is 8.32. The van der Waals surface area contributed by atoms with Crippen molar-refractivity contribution in [3.8, 4) is 0 Å².